The molecule has 3 N–H and O–H groups in total. The van der Waals surface area contributed by atoms with Crippen molar-refractivity contribution in [1.82, 2.24) is 9.88 Å². The molecule has 102 valence electrons. The normalized spacial score (nSPS) is 19.2. The van der Waals surface area contributed by atoms with E-state index in [9.17, 15) is 9.59 Å². The minimum absolute atomic E-state index is 0.00511. The molecule has 1 aliphatic heterocycles. The van der Waals surface area contributed by atoms with Crippen LogP contribution in [0.5, 0.6) is 0 Å². The van der Waals surface area contributed by atoms with Gasteiger partial charge in [0.15, 0.2) is 0 Å². The van der Waals surface area contributed by atoms with Crippen molar-refractivity contribution in [3.8, 4) is 0 Å². The minimum atomic E-state index is -1.11. The van der Waals surface area contributed by atoms with Crippen LogP contribution >= 0.6 is 0 Å². The summed E-state index contributed by atoms with van der Waals surface area (Å²) in [7, 11) is 0. The third-order valence-corrected chi connectivity index (χ3v) is 2.92. The summed E-state index contributed by atoms with van der Waals surface area (Å²) in [6.07, 6.45) is 2.40. The fourth-order valence-corrected chi connectivity index (χ4v) is 1.90. The van der Waals surface area contributed by atoms with E-state index in [4.69, 9.17) is 15.6 Å². The molecule has 2 heterocycles. The summed E-state index contributed by atoms with van der Waals surface area (Å²) in [5.74, 6) is -1.36. The zero-order valence-corrected chi connectivity index (χ0v) is 10.3. The number of aromatic carboxylic acids is 1. The number of amides is 1. The third kappa shape index (κ3) is 3.07. The second-order valence-corrected chi connectivity index (χ2v) is 4.25. The van der Waals surface area contributed by atoms with Gasteiger partial charge in [0.1, 0.15) is 0 Å². The summed E-state index contributed by atoms with van der Waals surface area (Å²) in [4.78, 5) is 28.5. The molecule has 0 saturated carbocycles. The largest absolute Gasteiger partial charge is 0.478 e. The van der Waals surface area contributed by atoms with E-state index >= 15 is 0 Å². The van der Waals surface area contributed by atoms with Crippen LogP contribution in [0.3, 0.4) is 0 Å². The molecule has 1 aromatic rings. The number of nitrogens with zero attached hydrogens (tertiary/aromatic N) is 2. The van der Waals surface area contributed by atoms with E-state index in [1.807, 2.05) is 0 Å². The van der Waals surface area contributed by atoms with Crippen molar-refractivity contribution in [3.05, 3.63) is 29.6 Å². The van der Waals surface area contributed by atoms with Gasteiger partial charge in [-0.1, -0.05) is 0 Å². The predicted molar refractivity (Wildman–Crippen MR) is 65.9 cm³/mol. The highest BCUT2D eigenvalue weighted by atomic mass is 16.5. The average Bonchev–Trinajstić information content (AvgIpc) is 2.46. The Hall–Kier alpha value is -1.99. The van der Waals surface area contributed by atoms with Gasteiger partial charge in [-0.3, -0.25) is 9.78 Å². The number of carbonyl (C=O) groups is 2. The Morgan fingerprint density at radius 2 is 2.21 bits per heavy atom. The van der Waals surface area contributed by atoms with Crippen LogP contribution in [0.15, 0.2) is 18.5 Å². The lowest BCUT2D eigenvalue weighted by atomic mass is 10.1. The van der Waals surface area contributed by atoms with Crippen LogP contribution in [0, 0.1) is 0 Å². The Bertz CT molecular complexity index is 492. The number of ether oxygens (including phenoxy) is 1. The molecule has 1 saturated heterocycles. The number of pyridine rings is 1. The van der Waals surface area contributed by atoms with Crippen LogP contribution < -0.4 is 5.73 Å². The molecule has 1 unspecified atom stereocenters. The molecule has 7 nitrogen and oxygen atoms in total. The first-order valence-corrected chi connectivity index (χ1v) is 5.91. The summed E-state index contributed by atoms with van der Waals surface area (Å²) < 4.78 is 5.38. The highest BCUT2D eigenvalue weighted by Crippen LogP contribution is 2.11. The van der Waals surface area contributed by atoms with Crippen LogP contribution in [-0.4, -0.2) is 59.2 Å². The summed E-state index contributed by atoms with van der Waals surface area (Å²) >= 11 is 0. The number of hydrogen-bond donors (Lipinski definition) is 2. The molecule has 2 rings (SSSR count). The first-order chi connectivity index (χ1) is 9.11. The Morgan fingerprint density at radius 3 is 2.89 bits per heavy atom. The van der Waals surface area contributed by atoms with Crippen molar-refractivity contribution < 1.29 is 19.4 Å². The van der Waals surface area contributed by atoms with E-state index in [1.54, 1.807) is 4.90 Å². The molecular formula is C12H15N3O4. The lowest BCUT2D eigenvalue weighted by Gasteiger charge is -2.32. The molecule has 0 radical (unpaired) electrons. The molecule has 1 aromatic heterocycles. The highest BCUT2D eigenvalue weighted by Gasteiger charge is 2.24. The monoisotopic (exact) mass is 265 g/mol. The van der Waals surface area contributed by atoms with Gasteiger partial charge in [0, 0.05) is 32.0 Å². The van der Waals surface area contributed by atoms with Gasteiger partial charge in [0.2, 0.25) is 0 Å². The van der Waals surface area contributed by atoms with Crippen LogP contribution in [-0.2, 0) is 4.74 Å². The van der Waals surface area contributed by atoms with Gasteiger partial charge in [-0.25, -0.2) is 4.79 Å². The minimum Gasteiger partial charge on any atom is -0.478 e. The standard InChI is InChI=1S/C12H15N3O4/c13-4-10-7-15(1-2-19-10)11(16)8-3-9(12(17)18)6-14-5-8/h3,5-6,10H,1-2,4,7,13H2,(H,17,18). The summed E-state index contributed by atoms with van der Waals surface area (Å²) in [6.45, 7) is 1.65. The van der Waals surface area contributed by atoms with Gasteiger partial charge in [0.05, 0.1) is 23.8 Å². The van der Waals surface area contributed by atoms with Crippen molar-refractivity contribution in [1.29, 1.82) is 0 Å². The SMILES string of the molecule is NCC1CN(C(=O)c2cncc(C(=O)O)c2)CCO1. The van der Waals surface area contributed by atoms with Gasteiger partial charge in [-0.05, 0) is 6.07 Å². The average molecular weight is 265 g/mol. The van der Waals surface area contributed by atoms with Crippen LogP contribution in [0.25, 0.3) is 0 Å². The van der Waals surface area contributed by atoms with Crippen LogP contribution in [0.4, 0.5) is 0 Å². The number of aromatic nitrogens is 1. The molecule has 0 bridgehead atoms. The van der Waals surface area contributed by atoms with Crippen molar-refractivity contribution in [2.75, 3.05) is 26.2 Å². The molecule has 0 spiro atoms. The maximum Gasteiger partial charge on any atom is 0.337 e. The van der Waals surface area contributed by atoms with Gasteiger partial charge in [0.25, 0.3) is 5.91 Å². The number of rotatable bonds is 3. The van der Waals surface area contributed by atoms with E-state index in [-0.39, 0.29) is 23.1 Å². The maximum atomic E-state index is 12.2. The highest BCUT2D eigenvalue weighted by molar-refractivity contribution is 5.97. The molecule has 1 amide bonds. The van der Waals surface area contributed by atoms with Crippen molar-refractivity contribution in [2.45, 2.75) is 6.10 Å². The Labute approximate surface area is 110 Å². The lowest BCUT2D eigenvalue weighted by Crippen LogP contribution is -2.48. The molecule has 0 aromatic carbocycles. The Kier molecular flexibility index (Phi) is 4.08. The fourth-order valence-electron chi connectivity index (χ4n) is 1.90. The molecule has 1 aliphatic rings. The Balaban J connectivity index is 2.14. The van der Waals surface area contributed by atoms with E-state index in [2.05, 4.69) is 4.98 Å². The van der Waals surface area contributed by atoms with E-state index in [0.717, 1.165) is 0 Å². The molecule has 7 heteroatoms. The summed E-state index contributed by atoms with van der Waals surface area (Å²) in [5.41, 5.74) is 5.77. The van der Waals surface area contributed by atoms with Crippen LogP contribution in [0.1, 0.15) is 20.7 Å². The lowest BCUT2D eigenvalue weighted by molar-refractivity contribution is -0.0167. The quantitative estimate of drug-likeness (QED) is 0.769. The molecule has 1 atom stereocenters. The van der Waals surface area contributed by atoms with E-state index in [0.29, 0.717) is 26.2 Å². The number of carboxylic acid groups (broad SMARTS) is 1. The van der Waals surface area contributed by atoms with Gasteiger partial charge in [-0.2, -0.15) is 0 Å². The summed E-state index contributed by atoms with van der Waals surface area (Å²) in [6, 6.07) is 1.32. The molecular weight excluding hydrogens is 250 g/mol. The second kappa shape index (κ2) is 5.77. The summed E-state index contributed by atoms with van der Waals surface area (Å²) in [5, 5.41) is 8.88. The van der Waals surface area contributed by atoms with E-state index in [1.165, 1.54) is 18.5 Å². The first-order valence-electron chi connectivity index (χ1n) is 5.91. The van der Waals surface area contributed by atoms with Gasteiger partial charge < -0.3 is 20.5 Å². The zero-order valence-electron chi connectivity index (χ0n) is 10.3. The van der Waals surface area contributed by atoms with Gasteiger partial charge in [-0.15, -0.1) is 0 Å². The third-order valence-electron chi connectivity index (χ3n) is 2.92. The zero-order chi connectivity index (χ0) is 13.8. The van der Waals surface area contributed by atoms with E-state index < -0.39 is 5.97 Å². The van der Waals surface area contributed by atoms with Crippen molar-refractivity contribution in [3.63, 3.8) is 0 Å². The fraction of sp³-hybridized carbons (Fsp3) is 0.417. The second-order valence-electron chi connectivity index (χ2n) is 4.25. The Morgan fingerprint density at radius 1 is 1.47 bits per heavy atom. The van der Waals surface area contributed by atoms with Crippen molar-refractivity contribution in [2.24, 2.45) is 5.73 Å². The number of nitrogens with two attached hydrogens (primary N) is 1. The number of carboxylic acids is 1. The molecule has 0 aliphatic carbocycles. The number of morpholine rings is 1. The van der Waals surface area contributed by atoms with Gasteiger partial charge >= 0.3 is 5.97 Å². The smallest absolute Gasteiger partial charge is 0.337 e. The topological polar surface area (TPSA) is 106 Å². The predicted octanol–water partition coefficient (Wildman–Crippen LogP) is -0.421. The first kappa shape index (κ1) is 13.4. The maximum absolute atomic E-state index is 12.2. The van der Waals surface area contributed by atoms with Crippen LogP contribution in [0.2, 0.25) is 0 Å². The number of carbonyl (C=O) groups excluding carboxylic acids is 1. The number of hydrogen-bond acceptors (Lipinski definition) is 5. The van der Waals surface area contributed by atoms with Crippen molar-refractivity contribution >= 4 is 11.9 Å². The molecule has 1 fully saturated rings. The molecule has 19 heavy (non-hydrogen) atoms.